The van der Waals surface area contributed by atoms with Gasteiger partial charge in [0.15, 0.2) is 0 Å². The van der Waals surface area contributed by atoms with Crippen LogP contribution < -0.4 is 5.32 Å². The third-order valence-electron chi connectivity index (χ3n) is 2.79. The number of benzene rings is 1. The maximum absolute atomic E-state index is 13.5. The molecular weight excluding hydrogens is 251 g/mol. The molecule has 0 aliphatic heterocycles. The number of phenols is 1. The lowest BCUT2D eigenvalue weighted by molar-refractivity contribution is -0.131. The molecule has 104 valence electrons. The maximum Gasteiger partial charge on any atom is 0.258 e. The first-order valence-electron chi connectivity index (χ1n) is 5.91. The predicted octanol–water partition coefficient (Wildman–Crippen LogP) is 1.13. The molecule has 0 fully saturated rings. The maximum atomic E-state index is 13.5. The molecule has 1 aromatic carbocycles. The molecule has 0 heterocycles. The summed E-state index contributed by atoms with van der Waals surface area (Å²) in [5.74, 6) is -2.39. The van der Waals surface area contributed by atoms with Gasteiger partial charge in [-0.05, 0) is 26.0 Å². The van der Waals surface area contributed by atoms with Crippen LogP contribution in [0.3, 0.4) is 0 Å². The van der Waals surface area contributed by atoms with Gasteiger partial charge in [0.1, 0.15) is 23.2 Å². The minimum absolute atomic E-state index is 0.285. The lowest BCUT2D eigenvalue weighted by atomic mass is 10.1. The van der Waals surface area contributed by atoms with Gasteiger partial charge in [0, 0.05) is 13.6 Å². The Hall–Kier alpha value is -2.11. The van der Waals surface area contributed by atoms with Crippen LogP contribution in [0.2, 0.25) is 0 Å². The molecule has 1 unspecified atom stereocenters. The number of halogens is 1. The molecule has 0 aliphatic rings. The van der Waals surface area contributed by atoms with E-state index in [-0.39, 0.29) is 5.91 Å². The number of hydrogen-bond acceptors (Lipinski definition) is 3. The second kappa shape index (κ2) is 6.17. The number of nitrogens with one attached hydrogen (secondary N) is 1. The average molecular weight is 268 g/mol. The van der Waals surface area contributed by atoms with Gasteiger partial charge in [-0.15, -0.1) is 0 Å². The molecule has 0 aromatic heterocycles. The number of rotatable bonds is 4. The van der Waals surface area contributed by atoms with Gasteiger partial charge in [0.25, 0.3) is 5.91 Å². The van der Waals surface area contributed by atoms with Gasteiger partial charge in [0.2, 0.25) is 5.91 Å². The smallest absolute Gasteiger partial charge is 0.258 e. The van der Waals surface area contributed by atoms with Crippen molar-refractivity contribution >= 4 is 11.8 Å². The fraction of sp³-hybridized carbons (Fsp3) is 0.385. The molecule has 0 saturated carbocycles. The summed E-state index contributed by atoms with van der Waals surface area (Å²) >= 11 is 0. The van der Waals surface area contributed by atoms with E-state index < -0.39 is 29.1 Å². The number of hydrogen-bond donors (Lipinski definition) is 2. The topological polar surface area (TPSA) is 69.6 Å². The molecule has 0 aliphatic carbocycles. The van der Waals surface area contributed by atoms with Crippen molar-refractivity contribution in [1.82, 2.24) is 10.2 Å². The summed E-state index contributed by atoms with van der Waals surface area (Å²) in [5.41, 5.74) is -0.457. The summed E-state index contributed by atoms with van der Waals surface area (Å²) in [6.07, 6.45) is 0. The molecule has 1 atom stereocenters. The molecule has 19 heavy (non-hydrogen) atoms. The first kappa shape index (κ1) is 14.9. The number of nitrogens with zero attached hydrogens (tertiary/aromatic N) is 1. The first-order valence-corrected chi connectivity index (χ1v) is 5.91. The van der Waals surface area contributed by atoms with Crippen molar-refractivity contribution in [2.24, 2.45) is 0 Å². The van der Waals surface area contributed by atoms with E-state index in [1.165, 1.54) is 24.0 Å². The van der Waals surface area contributed by atoms with Crippen molar-refractivity contribution in [3.63, 3.8) is 0 Å². The van der Waals surface area contributed by atoms with Crippen molar-refractivity contribution in [1.29, 1.82) is 0 Å². The van der Waals surface area contributed by atoms with Gasteiger partial charge in [-0.1, -0.05) is 6.07 Å². The second-order valence-electron chi connectivity index (χ2n) is 4.18. The van der Waals surface area contributed by atoms with Crippen molar-refractivity contribution in [3.05, 3.63) is 29.6 Å². The zero-order valence-corrected chi connectivity index (χ0v) is 11.1. The van der Waals surface area contributed by atoms with Gasteiger partial charge >= 0.3 is 0 Å². The molecule has 1 rings (SSSR count). The molecule has 0 saturated heterocycles. The van der Waals surface area contributed by atoms with E-state index in [9.17, 15) is 19.1 Å². The van der Waals surface area contributed by atoms with Crippen LogP contribution in [-0.4, -0.2) is 41.5 Å². The van der Waals surface area contributed by atoms with Crippen LogP contribution in [-0.2, 0) is 4.79 Å². The quantitative estimate of drug-likeness (QED) is 0.860. The third-order valence-corrected chi connectivity index (χ3v) is 2.79. The fourth-order valence-corrected chi connectivity index (χ4v) is 1.55. The average Bonchev–Trinajstić information content (AvgIpc) is 2.36. The van der Waals surface area contributed by atoms with Crippen molar-refractivity contribution in [3.8, 4) is 5.75 Å². The first-order chi connectivity index (χ1) is 8.88. The molecular formula is C13H17FN2O3. The minimum atomic E-state index is -0.832. The van der Waals surface area contributed by atoms with Gasteiger partial charge < -0.3 is 15.3 Å². The molecule has 0 radical (unpaired) electrons. The van der Waals surface area contributed by atoms with Crippen molar-refractivity contribution < 1.29 is 19.1 Å². The fourth-order valence-electron chi connectivity index (χ4n) is 1.55. The van der Waals surface area contributed by atoms with Crippen LogP contribution in [0.25, 0.3) is 0 Å². The van der Waals surface area contributed by atoms with E-state index in [4.69, 9.17) is 0 Å². The SMILES string of the molecule is CCN(C)C(=O)C(C)NC(=O)c1c(O)cccc1F. The van der Waals surface area contributed by atoms with Crippen LogP contribution in [0.15, 0.2) is 18.2 Å². The molecule has 6 heteroatoms. The summed E-state index contributed by atoms with van der Waals surface area (Å²) in [7, 11) is 1.60. The number of carbonyl (C=O) groups is 2. The van der Waals surface area contributed by atoms with E-state index in [0.717, 1.165) is 6.07 Å². The van der Waals surface area contributed by atoms with E-state index in [1.54, 1.807) is 14.0 Å². The number of carbonyl (C=O) groups excluding carboxylic acids is 2. The number of likely N-dealkylation sites (N-methyl/N-ethyl adjacent to an activating group) is 1. The highest BCUT2D eigenvalue weighted by Gasteiger charge is 2.22. The summed E-state index contributed by atoms with van der Waals surface area (Å²) in [4.78, 5) is 25.0. The molecule has 2 N–H and O–H groups in total. The van der Waals surface area contributed by atoms with Crippen molar-refractivity contribution in [2.75, 3.05) is 13.6 Å². The normalized spacial score (nSPS) is 11.8. The van der Waals surface area contributed by atoms with Crippen molar-refractivity contribution in [2.45, 2.75) is 19.9 Å². The second-order valence-corrected chi connectivity index (χ2v) is 4.18. The Kier molecular flexibility index (Phi) is 4.86. The third kappa shape index (κ3) is 3.43. The summed E-state index contributed by atoms with van der Waals surface area (Å²) < 4.78 is 13.5. The van der Waals surface area contributed by atoms with E-state index in [2.05, 4.69) is 5.32 Å². The Morgan fingerprint density at radius 1 is 1.47 bits per heavy atom. The Bertz CT molecular complexity index is 471. The summed E-state index contributed by atoms with van der Waals surface area (Å²) in [6, 6.07) is 2.78. The van der Waals surface area contributed by atoms with E-state index in [1.807, 2.05) is 0 Å². The van der Waals surface area contributed by atoms with Crippen LogP contribution in [0, 0.1) is 5.82 Å². The van der Waals surface area contributed by atoms with Crippen LogP contribution >= 0.6 is 0 Å². The lowest BCUT2D eigenvalue weighted by Gasteiger charge is -2.20. The van der Waals surface area contributed by atoms with Crippen LogP contribution in [0.1, 0.15) is 24.2 Å². The molecule has 0 bridgehead atoms. The highest BCUT2D eigenvalue weighted by Crippen LogP contribution is 2.19. The Morgan fingerprint density at radius 2 is 2.11 bits per heavy atom. The molecule has 0 spiro atoms. The highest BCUT2D eigenvalue weighted by molar-refractivity contribution is 5.99. The lowest BCUT2D eigenvalue weighted by Crippen LogP contribution is -2.45. The molecule has 2 amide bonds. The Labute approximate surface area is 111 Å². The Balaban J connectivity index is 2.83. The summed E-state index contributed by atoms with van der Waals surface area (Å²) in [6.45, 7) is 3.81. The number of aromatic hydroxyl groups is 1. The molecule has 1 aromatic rings. The van der Waals surface area contributed by atoms with Gasteiger partial charge in [-0.2, -0.15) is 0 Å². The van der Waals surface area contributed by atoms with Gasteiger partial charge in [-0.25, -0.2) is 4.39 Å². The largest absolute Gasteiger partial charge is 0.507 e. The predicted molar refractivity (Wildman–Crippen MR) is 68.3 cm³/mol. The van der Waals surface area contributed by atoms with Crippen LogP contribution in [0.4, 0.5) is 4.39 Å². The zero-order chi connectivity index (χ0) is 14.6. The monoisotopic (exact) mass is 268 g/mol. The molecule has 5 nitrogen and oxygen atoms in total. The standard InChI is InChI=1S/C13H17FN2O3/c1-4-16(3)13(19)8(2)15-12(18)11-9(14)6-5-7-10(11)17/h5-8,17H,4H2,1-3H3,(H,15,18). The minimum Gasteiger partial charge on any atom is -0.507 e. The van der Waals surface area contributed by atoms with Gasteiger partial charge in [-0.3, -0.25) is 9.59 Å². The number of amides is 2. The van der Waals surface area contributed by atoms with Crippen LogP contribution in [0.5, 0.6) is 5.75 Å². The van der Waals surface area contributed by atoms with E-state index in [0.29, 0.717) is 6.54 Å². The van der Waals surface area contributed by atoms with E-state index >= 15 is 0 Å². The zero-order valence-electron chi connectivity index (χ0n) is 11.1. The highest BCUT2D eigenvalue weighted by atomic mass is 19.1. The number of phenolic OH excluding ortho intramolecular Hbond substituents is 1. The summed E-state index contributed by atoms with van der Waals surface area (Å²) in [5, 5.41) is 11.8. The Morgan fingerprint density at radius 3 is 2.63 bits per heavy atom. The van der Waals surface area contributed by atoms with Gasteiger partial charge in [0.05, 0.1) is 0 Å².